The third-order valence-corrected chi connectivity index (χ3v) is 5.06. The molecule has 0 amide bonds. The van der Waals surface area contributed by atoms with Gasteiger partial charge < -0.3 is 5.73 Å². The maximum Gasteiger partial charge on any atom is 0.0473 e. The van der Waals surface area contributed by atoms with Crippen LogP contribution in [0.15, 0.2) is 24.3 Å². The molecule has 2 N–H and O–H groups in total. The van der Waals surface area contributed by atoms with Crippen molar-refractivity contribution in [2.24, 2.45) is 5.73 Å². The topological polar surface area (TPSA) is 32.5 Å². The predicted octanol–water partition coefficient (Wildman–Crippen LogP) is 2.16. The molecule has 20 heavy (non-hydrogen) atoms. The van der Waals surface area contributed by atoms with Crippen molar-refractivity contribution in [1.29, 1.82) is 0 Å². The van der Waals surface area contributed by atoms with Crippen LogP contribution in [0.2, 0.25) is 0 Å². The van der Waals surface area contributed by atoms with Crippen LogP contribution >= 0.6 is 0 Å². The van der Waals surface area contributed by atoms with Crippen LogP contribution in [0.25, 0.3) is 0 Å². The number of aryl methyl sites for hydroxylation is 1. The Morgan fingerprint density at radius 2 is 1.95 bits per heavy atom. The Labute approximate surface area is 122 Å². The highest BCUT2D eigenvalue weighted by molar-refractivity contribution is 5.29. The molecule has 2 saturated heterocycles. The number of nitrogens with two attached hydrogens (primary N) is 1. The molecule has 0 aromatic heterocycles. The summed E-state index contributed by atoms with van der Waals surface area (Å²) in [6.45, 7) is 7.91. The Balaban J connectivity index is 1.70. The van der Waals surface area contributed by atoms with Gasteiger partial charge in [0.1, 0.15) is 0 Å². The minimum Gasteiger partial charge on any atom is -0.329 e. The Kier molecular flexibility index (Phi) is 4.39. The zero-order chi connectivity index (χ0) is 13.9. The third-order valence-electron chi connectivity index (χ3n) is 5.06. The molecule has 3 heteroatoms. The Bertz CT molecular complexity index is 440. The molecule has 0 spiro atoms. The molecule has 2 atom stereocenters. The SMILES string of the molecule is Cc1ccccc1C(CN)N1CCC(N2CCCC2)C1. The van der Waals surface area contributed by atoms with Crippen LogP contribution in [0.3, 0.4) is 0 Å². The monoisotopic (exact) mass is 273 g/mol. The molecule has 2 fully saturated rings. The van der Waals surface area contributed by atoms with Gasteiger partial charge in [-0.2, -0.15) is 0 Å². The molecule has 0 radical (unpaired) electrons. The molecule has 3 rings (SSSR count). The van der Waals surface area contributed by atoms with Gasteiger partial charge >= 0.3 is 0 Å². The van der Waals surface area contributed by atoms with E-state index in [-0.39, 0.29) is 0 Å². The number of hydrogen-bond donors (Lipinski definition) is 1. The average molecular weight is 273 g/mol. The minimum atomic E-state index is 0.392. The maximum atomic E-state index is 6.10. The van der Waals surface area contributed by atoms with E-state index in [1.54, 1.807) is 0 Å². The largest absolute Gasteiger partial charge is 0.329 e. The molecule has 0 aliphatic carbocycles. The molecule has 3 nitrogen and oxygen atoms in total. The van der Waals surface area contributed by atoms with E-state index in [9.17, 15) is 0 Å². The van der Waals surface area contributed by atoms with E-state index >= 15 is 0 Å². The van der Waals surface area contributed by atoms with Gasteiger partial charge in [-0.25, -0.2) is 0 Å². The lowest BCUT2D eigenvalue weighted by atomic mass is 10.0. The molecule has 2 aliphatic heterocycles. The summed E-state index contributed by atoms with van der Waals surface area (Å²) >= 11 is 0. The fraction of sp³-hybridized carbons (Fsp3) is 0.647. The van der Waals surface area contributed by atoms with Crippen LogP contribution in [0.5, 0.6) is 0 Å². The molecule has 110 valence electrons. The summed E-state index contributed by atoms with van der Waals surface area (Å²) in [5.74, 6) is 0. The first kappa shape index (κ1) is 14.1. The molecule has 0 bridgehead atoms. The Hall–Kier alpha value is -0.900. The van der Waals surface area contributed by atoms with E-state index in [0.717, 1.165) is 12.6 Å². The average Bonchev–Trinajstić information content (AvgIpc) is 3.12. The van der Waals surface area contributed by atoms with E-state index in [1.807, 2.05) is 0 Å². The highest BCUT2D eigenvalue weighted by atomic mass is 15.3. The van der Waals surface area contributed by atoms with Gasteiger partial charge in [0.2, 0.25) is 0 Å². The van der Waals surface area contributed by atoms with E-state index < -0.39 is 0 Å². The van der Waals surface area contributed by atoms with Crippen LogP contribution in [-0.2, 0) is 0 Å². The molecular weight excluding hydrogens is 246 g/mol. The molecule has 1 aromatic carbocycles. The zero-order valence-electron chi connectivity index (χ0n) is 12.6. The number of benzene rings is 1. The molecule has 2 heterocycles. The Morgan fingerprint density at radius 3 is 2.65 bits per heavy atom. The van der Waals surface area contributed by atoms with Gasteiger partial charge in [0.05, 0.1) is 0 Å². The van der Waals surface area contributed by atoms with Gasteiger partial charge in [-0.1, -0.05) is 24.3 Å². The van der Waals surface area contributed by atoms with Crippen LogP contribution < -0.4 is 5.73 Å². The molecule has 2 aliphatic rings. The normalized spacial score (nSPS) is 26.2. The summed E-state index contributed by atoms with van der Waals surface area (Å²) in [6.07, 6.45) is 4.08. The second kappa shape index (κ2) is 6.25. The maximum absolute atomic E-state index is 6.10. The first-order valence-electron chi connectivity index (χ1n) is 8.03. The first-order valence-corrected chi connectivity index (χ1v) is 8.03. The van der Waals surface area contributed by atoms with Crippen molar-refractivity contribution in [1.82, 2.24) is 9.80 Å². The second-order valence-corrected chi connectivity index (χ2v) is 6.29. The smallest absolute Gasteiger partial charge is 0.0473 e. The quantitative estimate of drug-likeness (QED) is 0.912. The molecule has 2 unspecified atom stereocenters. The lowest BCUT2D eigenvalue weighted by Gasteiger charge is -2.30. The Morgan fingerprint density at radius 1 is 1.20 bits per heavy atom. The number of likely N-dealkylation sites (tertiary alicyclic amines) is 2. The van der Waals surface area contributed by atoms with Gasteiger partial charge in [0, 0.05) is 31.7 Å². The van der Waals surface area contributed by atoms with E-state index in [1.165, 1.54) is 56.6 Å². The van der Waals surface area contributed by atoms with Crippen LogP contribution in [-0.4, -0.2) is 48.6 Å². The molecular formula is C17H27N3. The van der Waals surface area contributed by atoms with Crippen LogP contribution in [0.1, 0.15) is 36.4 Å². The number of hydrogen-bond acceptors (Lipinski definition) is 3. The predicted molar refractivity (Wildman–Crippen MR) is 83.8 cm³/mol. The van der Waals surface area contributed by atoms with Crippen LogP contribution in [0.4, 0.5) is 0 Å². The lowest BCUT2D eigenvalue weighted by Crippen LogP contribution is -2.38. The van der Waals surface area contributed by atoms with Crippen LogP contribution in [0, 0.1) is 6.92 Å². The van der Waals surface area contributed by atoms with Gasteiger partial charge in [0.25, 0.3) is 0 Å². The van der Waals surface area contributed by atoms with E-state index in [0.29, 0.717) is 6.04 Å². The van der Waals surface area contributed by atoms with Gasteiger partial charge in [-0.15, -0.1) is 0 Å². The zero-order valence-corrected chi connectivity index (χ0v) is 12.6. The summed E-state index contributed by atoms with van der Waals surface area (Å²) in [6, 6.07) is 9.85. The van der Waals surface area contributed by atoms with Crippen molar-refractivity contribution < 1.29 is 0 Å². The molecule has 1 aromatic rings. The lowest BCUT2D eigenvalue weighted by molar-refractivity contribution is 0.202. The summed E-state index contributed by atoms with van der Waals surface area (Å²) in [5.41, 5.74) is 8.88. The van der Waals surface area contributed by atoms with Crippen molar-refractivity contribution in [2.45, 2.75) is 38.3 Å². The van der Waals surface area contributed by atoms with Gasteiger partial charge in [0.15, 0.2) is 0 Å². The summed E-state index contributed by atoms with van der Waals surface area (Å²) in [7, 11) is 0. The van der Waals surface area contributed by atoms with E-state index in [4.69, 9.17) is 5.73 Å². The standard InChI is InChI=1S/C17H27N3/c1-14-6-2-3-7-16(14)17(12-18)20-11-8-15(13-20)19-9-4-5-10-19/h2-3,6-7,15,17H,4-5,8-13,18H2,1H3. The summed E-state index contributed by atoms with van der Waals surface area (Å²) in [5, 5.41) is 0. The number of rotatable bonds is 4. The van der Waals surface area contributed by atoms with Gasteiger partial charge in [-0.05, 0) is 50.4 Å². The highest BCUT2D eigenvalue weighted by Gasteiger charge is 2.33. The van der Waals surface area contributed by atoms with E-state index in [2.05, 4.69) is 41.0 Å². The highest BCUT2D eigenvalue weighted by Crippen LogP contribution is 2.29. The first-order chi connectivity index (χ1) is 9.79. The second-order valence-electron chi connectivity index (χ2n) is 6.29. The summed E-state index contributed by atoms with van der Waals surface area (Å²) < 4.78 is 0. The summed E-state index contributed by atoms with van der Waals surface area (Å²) in [4.78, 5) is 5.29. The van der Waals surface area contributed by atoms with Crippen molar-refractivity contribution in [3.8, 4) is 0 Å². The van der Waals surface area contributed by atoms with Crippen molar-refractivity contribution >= 4 is 0 Å². The third kappa shape index (κ3) is 2.76. The van der Waals surface area contributed by atoms with Gasteiger partial charge in [-0.3, -0.25) is 9.80 Å². The van der Waals surface area contributed by atoms with Crippen molar-refractivity contribution in [3.05, 3.63) is 35.4 Å². The minimum absolute atomic E-state index is 0.392. The molecule has 0 saturated carbocycles. The van der Waals surface area contributed by atoms with Crippen molar-refractivity contribution in [2.75, 3.05) is 32.7 Å². The fourth-order valence-electron chi connectivity index (χ4n) is 3.89. The van der Waals surface area contributed by atoms with Crippen molar-refractivity contribution in [3.63, 3.8) is 0 Å². The number of nitrogens with zero attached hydrogens (tertiary/aromatic N) is 2. The fourth-order valence-corrected chi connectivity index (χ4v) is 3.89.